The van der Waals surface area contributed by atoms with Gasteiger partial charge in [-0.2, -0.15) is 0 Å². The van der Waals surface area contributed by atoms with E-state index in [1.165, 1.54) is 0 Å². The second-order valence-electron chi connectivity index (χ2n) is 4.45. The van der Waals surface area contributed by atoms with Gasteiger partial charge in [-0.1, -0.05) is 66.2 Å². The summed E-state index contributed by atoms with van der Waals surface area (Å²) in [4.78, 5) is 11.9. The average Bonchev–Trinajstić information content (AvgIpc) is 2.46. The minimum Gasteiger partial charge on any atom is -0.291 e. The Morgan fingerprint density at radius 1 is 0.950 bits per heavy atom. The molecule has 2 aromatic rings. The third kappa shape index (κ3) is 3.26. The highest BCUT2D eigenvalue weighted by Crippen LogP contribution is 2.21. The summed E-state index contributed by atoms with van der Waals surface area (Å²) in [5, 5.41) is 0. The minimum absolute atomic E-state index is 0.287. The van der Waals surface area contributed by atoms with Gasteiger partial charge in [-0.3, -0.25) is 4.79 Å². The summed E-state index contributed by atoms with van der Waals surface area (Å²) in [6, 6.07) is 16.4. The number of carbonyl (C=O) groups excluding carboxylic acids is 1. The maximum Gasteiger partial charge on any atom is 0.197 e. The molecule has 0 aromatic heterocycles. The molecule has 1 atom stereocenters. The molecule has 0 saturated heterocycles. The lowest BCUT2D eigenvalue weighted by Gasteiger charge is -2.07. The van der Waals surface area contributed by atoms with E-state index in [1.807, 2.05) is 30.3 Å². The van der Waals surface area contributed by atoms with Crippen LogP contribution in [-0.2, 0) is 9.84 Å². The smallest absolute Gasteiger partial charge is 0.197 e. The van der Waals surface area contributed by atoms with Gasteiger partial charge >= 0.3 is 0 Å². The molecule has 0 amide bonds. The van der Waals surface area contributed by atoms with E-state index in [4.69, 9.17) is 11.6 Å². The number of Topliss-reactive ketones (excluding diaryl/α,β-unsaturated/α-hetero) is 1. The number of benzene rings is 2. The van der Waals surface area contributed by atoms with Crippen molar-refractivity contribution in [2.45, 2.75) is 4.71 Å². The Balaban J connectivity index is 2.27. The lowest BCUT2D eigenvalue weighted by atomic mass is 10.0. The second-order valence-corrected chi connectivity index (χ2v) is 7.28. The number of carbonyl (C=O) groups is 1. The molecule has 0 heterocycles. The van der Waals surface area contributed by atoms with Crippen molar-refractivity contribution >= 4 is 27.2 Å². The van der Waals surface area contributed by atoms with Crippen molar-refractivity contribution in [2.24, 2.45) is 0 Å². The number of alkyl halides is 1. The Kier molecular flexibility index (Phi) is 4.26. The van der Waals surface area contributed by atoms with Crippen molar-refractivity contribution in [1.82, 2.24) is 0 Å². The summed E-state index contributed by atoms with van der Waals surface area (Å²) >= 11 is 5.66. The largest absolute Gasteiger partial charge is 0.291 e. The SMILES string of the molecule is CS(=O)(=O)C(Cl)C(=O)c1ccc(-c2ccccc2)cc1. The van der Waals surface area contributed by atoms with Crippen LogP contribution >= 0.6 is 11.6 Å². The summed E-state index contributed by atoms with van der Waals surface area (Å²) in [5.74, 6) is -0.603. The first kappa shape index (κ1) is 14.8. The average molecular weight is 309 g/mol. The van der Waals surface area contributed by atoms with Gasteiger partial charge in [0.1, 0.15) is 0 Å². The summed E-state index contributed by atoms with van der Waals surface area (Å²) in [5.41, 5.74) is 2.26. The standard InChI is InChI=1S/C15H13ClO3S/c1-20(18,19)15(16)14(17)13-9-7-12(8-10-13)11-5-3-2-4-6-11/h2-10,15H,1H3. The van der Waals surface area contributed by atoms with E-state index >= 15 is 0 Å². The van der Waals surface area contributed by atoms with Crippen LogP contribution in [-0.4, -0.2) is 25.2 Å². The van der Waals surface area contributed by atoms with Crippen LogP contribution in [0.4, 0.5) is 0 Å². The Hall–Kier alpha value is -1.65. The second kappa shape index (κ2) is 5.77. The van der Waals surface area contributed by atoms with E-state index in [-0.39, 0.29) is 5.56 Å². The van der Waals surface area contributed by atoms with Crippen LogP contribution in [0.5, 0.6) is 0 Å². The number of rotatable bonds is 4. The summed E-state index contributed by atoms with van der Waals surface area (Å²) < 4.78 is 21.0. The number of halogens is 1. The molecule has 0 aliphatic carbocycles. The van der Waals surface area contributed by atoms with Gasteiger partial charge in [0.2, 0.25) is 0 Å². The molecule has 0 bridgehead atoms. The summed E-state index contributed by atoms with van der Waals surface area (Å²) in [6.07, 6.45) is 0.945. The van der Waals surface area contributed by atoms with E-state index < -0.39 is 20.3 Å². The first-order valence-electron chi connectivity index (χ1n) is 5.92. The fourth-order valence-corrected chi connectivity index (χ4v) is 2.43. The lowest BCUT2D eigenvalue weighted by molar-refractivity contribution is 0.101. The van der Waals surface area contributed by atoms with Crippen LogP contribution < -0.4 is 0 Å². The zero-order valence-corrected chi connectivity index (χ0v) is 12.4. The van der Waals surface area contributed by atoms with Crippen molar-refractivity contribution in [2.75, 3.05) is 6.26 Å². The predicted molar refractivity (Wildman–Crippen MR) is 80.7 cm³/mol. The molecule has 2 aromatic carbocycles. The van der Waals surface area contributed by atoms with E-state index in [0.717, 1.165) is 17.4 Å². The maximum atomic E-state index is 11.9. The third-order valence-corrected chi connectivity index (χ3v) is 4.99. The van der Waals surface area contributed by atoms with E-state index in [2.05, 4.69) is 0 Å². The van der Waals surface area contributed by atoms with Crippen molar-refractivity contribution in [3.8, 4) is 11.1 Å². The molecule has 104 valence electrons. The van der Waals surface area contributed by atoms with Crippen LogP contribution in [0.25, 0.3) is 11.1 Å². The van der Waals surface area contributed by atoms with Gasteiger partial charge in [-0.15, -0.1) is 0 Å². The lowest BCUT2D eigenvalue weighted by Crippen LogP contribution is -2.23. The molecule has 2 rings (SSSR count). The first-order chi connectivity index (χ1) is 9.39. The molecule has 0 radical (unpaired) electrons. The monoisotopic (exact) mass is 308 g/mol. The molecule has 3 nitrogen and oxygen atoms in total. The molecule has 0 fully saturated rings. The molecule has 0 aliphatic heterocycles. The van der Waals surface area contributed by atoms with Crippen molar-refractivity contribution < 1.29 is 13.2 Å². The van der Waals surface area contributed by atoms with E-state index in [9.17, 15) is 13.2 Å². The number of ketones is 1. The van der Waals surface area contributed by atoms with Crippen molar-refractivity contribution in [1.29, 1.82) is 0 Å². The molecular weight excluding hydrogens is 296 g/mol. The molecule has 5 heteroatoms. The Morgan fingerprint density at radius 3 is 1.95 bits per heavy atom. The number of sulfone groups is 1. The Morgan fingerprint density at radius 2 is 1.45 bits per heavy atom. The molecular formula is C15H13ClO3S. The van der Waals surface area contributed by atoms with Crippen molar-refractivity contribution in [3.63, 3.8) is 0 Å². The Labute approximate surface area is 123 Å². The highest BCUT2D eigenvalue weighted by molar-refractivity contribution is 7.93. The fraction of sp³-hybridized carbons (Fsp3) is 0.133. The highest BCUT2D eigenvalue weighted by Gasteiger charge is 2.27. The van der Waals surface area contributed by atoms with Gasteiger partial charge in [-0.25, -0.2) is 8.42 Å². The summed E-state index contributed by atoms with van der Waals surface area (Å²) in [6.45, 7) is 0. The third-order valence-electron chi connectivity index (χ3n) is 2.86. The maximum absolute atomic E-state index is 11.9. The normalized spacial score (nSPS) is 12.9. The summed E-state index contributed by atoms with van der Waals surface area (Å²) in [7, 11) is -3.60. The molecule has 0 saturated carbocycles. The molecule has 0 N–H and O–H groups in total. The van der Waals surface area contributed by atoms with Crippen LogP contribution in [0.3, 0.4) is 0 Å². The van der Waals surface area contributed by atoms with Gasteiger partial charge < -0.3 is 0 Å². The van der Waals surface area contributed by atoms with Gasteiger partial charge in [0.25, 0.3) is 0 Å². The topological polar surface area (TPSA) is 51.2 Å². The minimum atomic E-state index is -3.60. The predicted octanol–water partition coefficient (Wildman–Crippen LogP) is 3.15. The van der Waals surface area contributed by atoms with Crippen LogP contribution in [0.2, 0.25) is 0 Å². The number of hydrogen-bond acceptors (Lipinski definition) is 3. The van der Waals surface area contributed by atoms with Crippen molar-refractivity contribution in [3.05, 3.63) is 60.2 Å². The van der Waals surface area contributed by atoms with Crippen LogP contribution in [0.15, 0.2) is 54.6 Å². The molecule has 0 aliphatic rings. The van der Waals surface area contributed by atoms with Crippen LogP contribution in [0.1, 0.15) is 10.4 Å². The zero-order valence-electron chi connectivity index (χ0n) is 10.8. The van der Waals surface area contributed by atoms with Gasteiger partial charge in [0.15, 0.2) is 20.3 Å². The van der Waals surface area contributed by atoms with Gasteiger partial charge in [-0.05, 0) is 11.1 Å². The molecule has 0 spiro atoms. The highest BCUT2D eigenvalue weighted by atomic mass is 35.5. The molecule has 20 heavy (non-hydrogen) atoms. The van der Waals surface area contributed by atoms with Gasteiger partial charge in [0, 0.05) is 11.8 Å². The van der Waals surface area contributed by atoms with E-state index in [0.29, 0.717) is 0 Å². The first-order valence-corrected chi connectivity index (χ1v) is 8.31. The Bertz CT molecular complexity index is 707. The quantitative estimate of drug-likeness (QED) is 0.644. The van der Waals surface area contributed by atoms with Gasteiger partial charge in [0.05, 0.1) is 0 Å². The fourth-order valence-electron chi connectivity index (χ4n) is 1.78. The molecule has 1 unspecified atom stereocenters. The zero-order chi connectivity index (χ0) is 14.8. The van der Waals surface area contributed by atoms with E-state index in [1.54, 1.807) is 24.3 Å². The number of hydrogen-bond donors (Lipinski definition) is 0. The van der Waals surface area contributed by atoms with Crippen LogP contribution in [0, 0.1) is 0 Å².